The molecule has 1 rings (SSSR count). The first-order chi connectivity index (χ1) is 11.9. The van der Waals surface area contributed by atoms with Crippen molar-refractivity contribution in [1.29, 1.82) is 0 Å². The van der Waals surface area contributed by atoms with Gasteiger partial charge in [-0.2, -0.15) is 0 Å². The summed E-state index contributed by atoms with van der Waals surface area (Å²) in [7, 11) is 0. The number of hydrogen-bond acceptors (Lipinski definition) is 1. The van der Waals surface area contributed by atoms with E-state index in [0.717, 1.165) is 4.90 Å². The Morgan fingerprint density at radius 3 is 1.60 bits per heavy atom. The first-order valence-electron chi connectivity index (χ1n) is 9.67. The summed E-state index contributed by atoms with van der Waals surface area (Å²) in [6.07, 6.45) is 3.51. The van der Waals surface area contributed by atoms with Gasteiger partial charge in [0.15, 0.2) is 0 Å². The van der Waals surface area contributed by atoms with Crippen LogP contribution in [0, 0.1) is 0 Å². The van der Waals surface area contributed by atoms with Gasteiger partial charge < -0.3 is 0 Å². The van der Waals surface area contributed by atoms with Gasteiger partial charge in [-0.3, -0.25) is 0 Å². The molecule has 1 aromatic carbocycles. The molecule has 0 radical (unpaired) electrons. The quantitative estimate of drug-likeness (QED) is 0.214. The van der Waals surface area contributed by atoms with Crippen molar-refractivity contribution in [2.75, 3.05) is 3.77 Å². The SMILES string of the molecule is CCC[CH2][Sn]([CH2]CCC)([CH2]CCC)[CH2]Sc1ccc(C(F)(F)F)cc1. The fourth-order valence-corrected chi connectivity index (χ4v) is 23.8. The topological polar surface area (TPSA) is 0 Å². The average Bonchev–Trinajstić information content (AvgIpc) is 2.60. The van der Waals surface area contributed by atoms with E-state index >= 15 is 0 Å². The predicted octanol–water partition coefficient (Wildman–Crippen LogP) is 8.19. The molecule has 0 nitrogen and oxygen atoms in total. The van der Waals surface area contributed by atoms with Crippen molar-refractivity contribution in [2.24, 2.45) is 0 Å². The van der Waals surface area contributed by atoms with E-state index in [0.29, 0.717) is 0 Å². The zero-order valence-corrected chi connectivity index (χ0v) is 19.6. The predicted molar refractivity (Wildman–Crippen MR) is 107 cm³/mol. The molecular formula is C20H33F3SSn. The fourth-order valence-electron chi connectivity index (χ4n) is 3.22. The van der Waals surface area contributed by atoms with Gasteiger partial charge in [-0.1, -0.05) is 0 Å². The second-order valence-electron chi connectivity index (χ2n) is 7.12. The molecule has 0 saturated heterocycles. The van der Waals surface area contributed by atoms with Crippen LogP contribution in [0.3, 0.4) is 0 Å². The Hall–Kier alpha value is 0.159. The van der Waals surface area contributed by atoms with Crippen LogP contribution in [0.4, 0.5) is 13.2 Å². The second kappa shape index (κ2) is 11.8. The number of unbranched alkanes of at least 4 members (excludes halogenated alkanes) is 3. The Balaban J connectivity index is 2.80. The van der Waals surface area contributed by atoms with Crippen LogP contribution in [-0.2, 0) is 6.18 Å². The molecule has 0 unspecified atom stereocenters. The molecule has 0 bridgehead atoms. The minimum atomic E-state index is -4.24. The van der Waals surface area contributed by atoms with Crippen LogP contribution in [0.25, 0.3) is 0 Å². The minimum absolute atomic E-state index is 0.547. The maximum absolute atomic E-state index is 12.7. The molecule has 0 aliphatic heterocycles. The van der Waals surface area contributed by atoms with Gasteiger partial charge in [-0.05, 0) is 0 Å². The summed E-state index contributed by atoms with van der Waals surface area (Å²) in [6, 6.07) is 5.76. The Morgan fingerprint density at radius 1 is 0.800 bits per heavy atom. The van der Waals surface area contributed by atoms with Crippen LogP contribution in [0.5, 0.6) is 0 Å². The fraction of sp³-hybridized carbons (Fsp3) is 0.700. The number of hydrogen-bond donors (Lipinski definition) is 0. The molecular weight excluding hydrogens is 448 g/mol. The van der Waals surface area contributed by atoms with Crippen molar-refractivity contribution in [3.05, 3.63) is 29.8 Å². The van der Waals surface area contributed by atoms with Crippen LogP contribution in [-0.4, -0.2) is 22.1 Å². The van der Waals surface area contributed by atoms with E-state index in [2.05, 4.69) is 20.8 Å². The zero-order valence-electron chi connectivity index (χ0n) is 15.9. The first-order valence-corrected chi connectivity index (χ1v) is 18.7. The molecule has 0 aromatic heterocycles. The van der Waals surface area contributed by atoms with Gasteiger partial charge in [0.25, 0.3) is 0 Å². The van der Waals surface area contributed by atoms with Crippen LogP contribution in [0.1, 0.15) is 64.9 Å². The van der Waals surface area contributed by atoms with Crippen LogP contribution < -0.4 is 0 Å². The van der Waals surface area contributed by atoms with Crippen molar-refractivity contribution in [2.45, 2.75) is 83.7 Å². The molecule has 0 aliphatic carbocycles. The summed E-state index contributed by atoms with van der Waals surface area (Å²) in [5.41, 5.74) is -0.547. The summed E-state index contributed by atoms with van der Waals surface area (Å²) in [6.45, 7) is 6.79. The molecule has 1 aromatic rings. The van der Waals surface area contributed by atoms with Gasteiger partial charge in [-0.15, -0.1) is 0 Å². The van der Waals surface area contributed by atoms with Crippen molar-refractivity contribution in [3.8, 4) is 0 Å². The van der Waals surface area contributed by atoms with Gasteiger partial charge in [0.05, 0.1) is 0 Å². The van der Waals surface area contributed by atoms with Crippen LogP contribution >= 0.6 is 11.8 Å². The average molecular weight is 481 g/mol. The number of thioether (sulfide) groups is 1. The molecule has 0 N–H and O–H groups in total. The monoisotopic (exact) mass is 482 g/mol. The van der Waals surface area contributed by atoms with E-state index in [1.807, 2.05) is 11.8 Å². The molecule has 0 atom stereocenters. The van der Waals surface area contributed by atoms with Gasteiger partial charge in [0.2, 0.25) is 0 Å². The standard InChI is InChI=1S/C8H6F3S.3C4H9.Sn/c1-12-7-4-2-6(3-5-7)8(9,10)11;3*1-3-4-2;/h2-5H,1H2;3*1,3-4H2,2H3;. The van der Waals surface area contributed by atoms with Gasteiger partial charge in [0.1, 0.15) is 0 Å². The van der Waals surface area contributed by atoms with Crippen molar-refractivity contribution in [1.82, 2.24) is 0 Å². The van der Waals surface area contributed by atoms with E-state index in [1.165, 1.54) is 67.7 Å². The summed E-state index contributed by atoms with van der Waals surface area (Å²) in [5, 5.41) is 0. The molecule has 5 heteroatoms. The normalized spacial score (nSPS) is 12.6. The molecule has 144 valence electrons. The second-order valence-corrected chi connectivity index (χ2v) is 23.5. The van der Waals surface area contributed by atoms with Gasteiger partial charge >= 0.3 is 161 Å². The van der Waals surface area contributed by atoms with E-state index in [9.17, 15) is 13.2 Å². The Bertz CT molecular complexity index is 449. The Morgan fingerprint density at radius 2 is 1.24 bits per heavy atom. The Kier molecular flexibility index (Phi) is 10.9. The third-order valence-corrected chi connectivity index (χ3v) is 24.9. The van der Waals surface area contributed by atoms with Crippen LogP contribution in [0.2, 0.25) is 13.3 Å². The third-order valence-electron chi connectivity index (χ3n) is 4.91. The summed E-state index contributed by atoms with van der Waals surface area (Å²) >= 11 is -0.387. The van der Waals surface area contributed by atoms with Crippen molar-refractivity contribution in [3.63, 3.8) is 0 Å². The number of benzene rings is 1. The number of rotatable bonds is 12. The van der Waals surface area contributed by atoms with E-state index in [4.69, 9.17) is 0 Å². The molecule has 0 aliphatic rings. The zero-order chi connectivity index (χ0) is 18.8. The Labute approximate surface area is 160 Å². The number of alkyl halides is 3. The van der Waals surface area contributed by atoms with E-state index < -0.39 is 30.1 Å². The molecule has 0 saturated carbocycles. The molecule has 0 heterocycles. The molecule has 25 heavy (non-hydrogen) atoms. The molecule has 0 spiro atoms. The summed E-state index contributed by atoms with van der Waals surface area (Å²) < 4.78 is 43.7. The van der Waals surface area contributed by atoms with E-state index in [1.54, 1.807) is 12.1 Å². The summed E-state index contributed by atoms with van der Waals surface area (Å²) in [5.74, 6) is 0. The molecule has 0 amide bonds. The van der Waals surface area contributed by atoms with Crippen LogP contribution in [0.15, 0.2) is 29.2 Å². The van der Waals surface area contributed by atoms with E-state index in [-0.39, 0.29) is 0 Å². The van der Waals surface area contributed by atoms with Gasteiger partial charge in [0, 0.05) is 0 Å². The first kappa shape index (κ1) is 23.2. The maximum atomic E-state index is 12.7. The summed E-state index contributed by atoms with van der Waals surface area (Å²) in [4.78, 5) is 0.999. The molecule has 0 fully saturated rings. The third kappa shape index (κ3) is 8.59. The van der Waals surface area contributed by atoms with Gasteiger partial charge in [-0.25, -0.2) is 0 Å². The number of halogens is 3. The van der Waals surface area contributed by atoms with Crippen molar-refractivity contribution < 1.29 is 13.2 Å². The van der Waals surface area contributed by atoms with Crippen molar-refractivity contribution >= 4 is 30.1 Å².